The molecule has 1 saturated carbocycles. The Labute approximate surface area is 122 Å². The van der Waals surface area contributed by atoms with E-state index in [2.05, 4.69) is 9.97 Å². The summed E-state index contributed by atoms with van der Waals surface area (Å²) in [5.74, 6) is -0.803. The van der Waals surface area contributed by atoms with E-state index in [1.165, 1.54) is 6.07 Å². The van der Waals surface area contributed by atoms with Gasteiger partial charge in [0, 0.05) is 18.9 Å². The minimum Gasteiger partial charge on any atom is -0.477 e. The number of hydrogen-bond donors (Lipinski definition) is 1. The lowest BCUT2D eigenvalue weighted by Crippen LogP contribution is -2.38. The monoisotopic (exact) mass is 294 g/mol. The maximum atomic E-state index is 11.0. The average Bonchev–Trinajstić information content (AvgIpc) is 2.89. The van der Waals surface area contributed by atoms with E-state index in [-0.39, 0.29) is 11.8 Å². The molecular weight excluding hydrogens is 276 g/mol. The summed E-state index contributed by atoms with van der Waals surface area (Å²) >= 11 is 0. The number of aryl methyl sites for hydroxylation is 1. The summed E-state index contributed by atoms with van der Waals surface area (Å²) < 4.78 is 17.1. The van der Waals surface area contributed by atoms with E-state index in [9.17, 15) is 4.79 Å². The molecule has 1 saturated heterocycles. The molecule has 0 amide bonds. The van der Waals surface area contributed by atoms with Gasteiger partial charge in [-0.05, 0) is 19.8 Å². The lowest BCUT2D eigenvalue weighted by atomic mass is 9.92. The van der Waals surface area contributed by atoms with E-state index in [0.717, 1.165) is 25.7 Å². The van der Waals surface area contributed by atoms with Crippen molar-refractivity contribution in [2.75, 3.05) is 13.2 Å². The van der Waals surface area contributed by atoms with E-state index in [4.69, 9.17) is 19.3 Å². The molecule has 0 radical (unpaired) electrons. The van der Waals surface area contributed by atoms with Gasteiger partial charge in [0.2, 0.25) is 5.88 Å². The zero-order chi connectivity index (χ0) is 14.9. The molecule has 3 rings (SSSR count). The Bertz CT molecular complexity index is 532. The van der Waals surface area contributed by atoms with Crippen LogP contribution in [0.15, 0.2) is 6.07 Å². The normalized spacial score (nSPS) is 21.6. The molecule has 2 fully saturated rings. The van der Waals surface area contributed by atoms with E-state index >= 15 is 0 Å². The lowest BCUT2D eigenvalue weighted by Gasteiger charge is -2.35. The predicted molar refractivity (Wildman–Crippen MR) is 71.2 cm³/mol. The molecular formula is C14H18N2O5. The number of ether oxygens (including phenoxy) is 3. The van der Waals surface area contributed by atoms with Crippen LogP contribution in [0.4, 0.5) is 0 Å². The van der Waals surface area contributed by atoms with Crippen molar-refractivity contribution in [3.05, 3.63) is 17.6 Å². The second-order valence-electron chi connectivity index (χ2n) is 5.37. The summed E-state index contributed by atoms with van der Waals surface area (Å²) in [4.78, 5) is 19.0. The van der Waals surface area contributed by atoms with Crippen molar-refractivity contribution >= 4 is 5.97 Å². The smallest absolute Gasteiger partial charge is 0.354 e. The van der Waals surface area contributed by atoms with Gasteiger partial charge in [0.1, 0.15) is 11.9 Å². The van der Waals surface area contributed by atoms with Crippen LogP contribution in [0.25, 0.3) is 0 Å². The topological polar surface area (TPSA) is 90.8 Å². The van der Waals surface area contributed by atoms with Gasteiger partial charge in [-0.1, -0.05) is 0 Å². The molecule has 1 aromatic rings. The maximum Gasteiger partial charge on any atom is 0.354 e. The maximum absolute atomic E-state index is 11.0. The van der Waals surface area contributed by atoms with Gasteiger partial charge in [0.15, 0.2) is 11.5 Å². The Morgan fingerprint density at radius 3 is 2.62 bits per heavy atom. The van der Waals surface area contributed by atoms with Gasteiger partial charge in [-0.2, -0.15) is 4.98 Å². The van der Waals surface area contributed by atoms with Crippen LogP contribution in [-0.4, -0.2) is 46.1 Å². The van der Waals surface area contributed by atoms with Crippen molar-refractivity contribution in [1.82, 2.24) is 9.97 Å². The van der Waals surface area contributed by atoms with Crippen LogP contribution >= 0.6 is 0 Å². The lowest BCUT2D eigenvalue weighted by molar-refractivity contribution is -0.186. The highest BCUT2D eigenvalue weighted by Crippen LogP contribution is 2.36. The molecule has 7 heteroatoms. The summed E-state index contributed by atoms with van der Waals surface area (Å²) in [7, 11) is 0. The van der Waals surface area contributed by atoms with Crippen LogP contribution in [0.1, 0.15) is 42.0 Å². The van der Waals surface area contributed by atoms with E-state index in [0.29, 0.717) is 24.9 Å². The van der Waals surface area contributed by atoms with Gasteiger partial charge in [-0.25, -0.2) is 9.78 Å². The molecule has 1 spiro atoms. The van der Waals surface area contributed by atoms with Crippen molar-refractivity contribution in [2.24, 2.45) is 0 Å². The second kappa shape index (κ2) is 5.57. The Kier molecular flexibility index (Phi) is 3.77. The molecule has 0 atom stereocenters. The number of aromatic carboxylic acids is 1. The SMILES string of the molecule is Cc1nc(OC2CCC3(CC2)OCCO3)cc(C(=O)O)n1. The molecule has 21 heavy (non-hydrogen) atoms. The molecule has 2 aliphatic rings. The first kappa shape index (κ1) is 14.2. The largest absolute Gasteiger partial charge is 0.477 e. The number of carboxylic acids is 1. The van der Waals surface area contributed by atoms with Gasteiger partial charge < -0.3 is 19.3 Å². The Hall–Kier alpha value is -1.73. The summed E-state index contributed by atoms with van der Waals surface area (Å²) in [5, 5.41) is 9.00. The highest BCUT2D eigenvalue weighted by Gasteiger charge is 2.41. The fourth-order valence-corrected chi connectivity index (χ4v) is 2.82. The van der Waals surface area contributed by atoms with Crippen LogP contribution in [0, 0.1) is 6.92 Å². The Morgan fingerprint density at radius 2 is 2.00 bits per heavy atom. The Balaban J connectivity index is 1.64. The zero-order valence-electron chi connectivity index (χ0n) is 11.9. The van der Waals surface area contributed by atoms with Crippen molar-refractivity contribution in [3.63, 3.8) is 0 Å². The number of hydrogen-bond acceptors (Lipinski definition) is 6. The van der Waals surface area contributed by atoms with Crippen LogP contribution in [0.5, 0.6) is 5.88 Å². The number of carbonyl (C=O) groups is 1. The molecule has 1 aromatic heterocycles. The minimum absolute atomic E-state index is 0.000583. The standard InChI is InChI=1S/C14H18N2O5/c1-9-15-11(13(17)18)8-12(16-9)21-10-2-4-14(5-3-10)19-6-7-20-14/h8,10H,2-7H2,1H3,(H,17,18). The molecule has 1 aliphatic heterocycles. The molecule has 0 bridgehead atoms. The third kappa shape index (κ3) is 3.14. The first-order valence-electron chi connectivity index (χ1n) is 7.10. The summed E-state index contributed by atoms with van der Waals surface area (Å²) in [6.07, 6.45) is 3.16. The zero-order valence-corrected chi connectivity index (χ0v) is 11.9. The molecule has 0 unspecified atom stereocenters. The van der Waals surface area contributed by atoms with Crippen molar-refractivity contribution in [1.29, 1.82) is 0 Å². The van der Waals surface area contributed by atoms with E-state index < -0.39 is 11.8 Å². The second-order valence-corrected chi connectivity index (χ2v) is 5.37. The molecule has 1 N–H and O–H groups in total. The number of rotatable bonds is 3. The number of nitrogens with zero attached hydrogens (tertiary/aromatic N) is 2. The number of carboxylic acid groups (broad SMARTS) is 1. The van der Waals surface area contributed by atoms with Crippen molar-refractivity contribution < 1.29 is 24.1 Å². The summed E-state index contributed by atoms with van der Waals surface area (Å²) in [6, 6.07) is 1.36. The summed E-state index contributed by atoms with van der Waals surface area (Å²) in [5.41, 5.74) is -0.0489. The van der Waals surface area contributed by atoms with Crippen molar-refractivity contribution in [3.8, 4) is 5.88 Å². The van der Waals surface area contributed by atoms with E-state index in [1.54, 1.807) is 6.92 Å². The van der Waals surface area contributed by atoms with Crippen LogP contribution in [0.3, 0.4) is 0 Å². The van der Waals surface area contributed by atoms with Crippen LogP contribution in [-0.2, 0) is 9.47 Å². The molecule has 0 aromatic carbocycles. The van der Waals surface area contributed by atoms with Gasteiger partial charge in [-0.15, -0.1) is 0 Å². The third-order valence-corrected chi connectivity index (χ3v) is 3.83. The summed E-state index contributed by atoms with van der Waals surface area (Å²) in [6.45, 7) is 2.95. The first-order valence-corrected chi connectivity index (χ1v) is 7.10. The van der Waals surface area contributed by atoms with Crippen molar-refractivity contribution in [2.45, 2.75) is 44.5 Å². The molecule has 7 nitrogen and oxygen atoms in total. The Morgan fingerprint density at radius 1 is 1.33 bits per heavy atom. The average molecular weight is 294 g/mol. The first-order chi connectivity index (χ1) is 10.1. The predicted octanol–water partition coefficient (Wildman–Crippen LogP) is 1.55. The third-order valence-electron chi connectivity index (χ3n) is 3.83. The van der Waals surface area contributed by atoms with Gasteiger partial charge >= 0.3 is 5.97 Å². The van der Waals surface area contributed by atoms with Gasteiger partial charge in [0.25, 0.3) is 0 Å². The van der Waals surface area contributed by atoms with Gasteiger partial charge in [0.05, 0.1) is 13.2 Å². The molecule has 114 valence electrons. The highest BCUT2D eigenvalue weighted by molar-refractivity contribution is 5.85. The van der Waals surface area contributed by atoms with Crippen LogP contribution in [0.2, 0.25) is 0 Å². The quantitative estimate of drug-likeness (QED) is 0.904. The molecule has 2 heterocycles. The fourth-order valence-electron chi connectivity index (χ4n) is 2.82. The van der Waals surface area contributed by atoms with E-state index in [1.807, 2.05) is 0 Å². The molecule has 1 aliphatic carbocycles. The minimum atomic E-state index is -1.08. The number of aromatic nitrogens is 2. The fraction of sp³-hybridized carbons (Fsp3) is 0.643. The highest BCUT2D eigenvalue weighted by atomic mass is 16.7. The van der Waals surface area contributed by atoms with Crippen LogP contribution < -0.4 is 4.74 Å². The van der Waals surface area contributed by atoms with Gasteiger partial charge in [-0.3, -0.25) is 0 Å².